The normalized spacial score (nSPS) is 46.3. The Bertz CT molecular complexity index is 612. The summed E-state index contributed by atoms with van der Waals surface area (Å²) < 4.78 is 6.39. The summed E-state index contributed by atoms with van der Waals surface area (Å²) in [5, 5.41) is 11.2. The van der Waals surface area contributed by atoms with Crippen molar-refractivity contribution in [2.24, 2.45) is 40.4 Å². The highest BCUT2D eigenvalue weighted by molar-refractivity contribution is 5.24. The van der Waals surface area contributed by atoms with Crippen LogP contribution >= 0.6 is 0 Å². The summed E-state index contributed by atoms with van der Waals surface area (Å²) in [5.41, 5.74) is 2.47. The van der Waals surface area contributed by atoms with Crippen molar-refractivity contribution in [2.75, 3.05) is 6.61 Å². The van der Waals surface area contributed by atoms with Crippen LogP contribution in [0.4, 0.5) is 0 Å². The number of hydrogen-bond acceptors (Lipinski definition) is 2. The summed E-state index contributed by atoms with van der Waals surface area (Å²) in [6.45, 7) is 12.7. The molecular formula is C27H46O2. The summed E-state index contributed by atoms with van der Waals surface area (Å²) >= 11 is 0. The van der Waals surface area contributed by atoms with Crippen molar-refractivity contribution in [1.82, 2.24) is 0 Å². The Morgan fingerprint density at radius 3 is 2.72 bits per heavy atom. The molecule has 0 spiro atoms. The smallest absolute Gasteiger partial charge is 0.0605 e. The topological polar surface area (TPSA) is 29.5 Å². The second-order valence-corrected chi connectivity index (χ2v) is 11.8. The van der Waals surface area contributed by atoms with Crippen molar-refractivity contribution in [3.63, 3.8) is 0 Å². The minimum Gasteiger partial charge on any atom is -0.393 e. The highest BCUT2D eigenvalue weighted by Crippen LogP contribution is 2.66. The van der Waals surface area contributed by atoms with E-state index in [1.807, 2.05) is 0 Å². The molecular weight excluding hydrogens is 356 g/mol. The van der Waals surface area contributed by atoms with Gasteiger partial charge in [0.15, 0.2) is 0 Å². The van der Waals surface area contributed by atoms with Crippen LogP contribution in [0.3, 0.4) is 0 Å². The average Bonchev–Trinajstić information content (AvgIpc) is 2.96. The molecule has 166 valence electrons. The van der Waals surface area contributed by atoms with E-state index in [0.29, 0.717) is 23.2 Å². The highest BCUT2D eigenvalue weighted by atomic mass is 16.5. The summed E-state index contributed by atoms with van der Waals surface area (Å²) in [5.74, 6) is 3.19. The summed E-state index contributed by atoms with van der Waals surface area (Å²) in [7, 11) is 0. The predicted molar refractivity (Wildman–Crippen MR) is 121 cm³/mol. The molecule has 0 aromatic carbocycles. The van der Waals surface area contributed by atoms with Crippen molar-refractivity contribution in [1.29, 1.82) is 0 Å². The molecule has 0 bridgehead atoms. The lowest BCUT2D eigenvalue weighted by Crippen LogP contribution is -2.51. The van der Waals surface area contributed by atoms with E-state index in [-0.39, 0.29) is 17.6 Å². The molecule has 6 unspecified atom stereocenters. The number of aliphatic hydroxyl groups is 1. The Hall–Kier alpha value is -0.340. The van der Waals surface area contributed by atoms with Gasteiger partial charge in [-0.25, -0.2) is 0 Å². The fourth-order valence-electron chi connectivity index (χ4n) is 8.59. The van der Waals surface area contributed by atoms with Crippen molar-refractivity contribution >= 4 is 0 Å². The van der Waals surface area contributed by atoms with Crippen molar-refractivity contribution < 1.29 is 9.84 Å². The van der Waals surface area contributed by atoms with Gasteiger partial charge < -0.3 is 9.84 Å². The molecule has 9 atom stereocenters. The summed E-state index contributed by atoms with van der Waals surface area (Å²) in [6.07, 6.45) is 15.5. The fourth-order valence-corrected chi connectivity index (χ4v) is 8.59. The molecule has 0 aromatic rings. The van der Waals surface area contributed by atoms with E-state index in [4.69, 9.17) is 4.74 Å². The number of aliphatic hydroxyl groups excluding tert-OH is 1. The van der Waals surface area contributed by atoms with Gasteiger partial charge in [-0.2, -0.15) is 0 Å². The minimum atomic E-state index is -0.190. The van der Waals surface area contributed by atoms with Crippen molar-refractivity contribution in [3.8, 4) is 0 Å². The maximum absolute atomic E-state index is 11.2. The van der Waals surface area contributed by atoms with Crippen LogP contribution in [0.25, 0.3) is 0 Å². The van der Waals surface area contributed by atoms with Crippen LogP contribution in [0.2, 0.25) is 0 Å². The molecule has 4 aliphatic rings. The Kier molecular flexibility index (Phi) is 6.26. The van der Waals surface area contributed by atoms with E-state index in [1.165, 1.54) is 57.8 Å². The first-order valence-electron chi connectivity index (χ1n) is 12.8. The van der Waals surface area contributed by atoms with Gasteiger partial charge in [0, 0.05) is 12.5 Å². The first kappa shape index (κ1) is 21.9. The van der Waals surface area contributed by atoms with Crippen LogP contribution in [0.1, 0.15) is 98.8 Å². The number of fused-ring (bicyclic) bond motifs is 5. The Morgan fingerprint density at radius 1 is 1.17 bits per heavy atom. The maximum Gasteiger partial charge on any atom is 0.0605 e. The third-order valence-corrected chi connectivity index (χ3v) is 10.1. The van der Waals surface area contributed by atoms with Crippen LogP contribution in [-0.2, 0) is 4.74 Å². The highest BCUT2D eigenvalue weighted by Gasteiger charge is 2.61. The molecule has 0 heterocycles. The molecule has 0 saturated heterocycles. The van der Waals surface area contributed by atoms with Gasteiger partial charge in [0.1, 0.15) is 0 Å². The predicted octanol–water partition coefficient (Wildman–Crippen LogP) is 6.77. The van der Waals surface area contributed by atoms with Gasteiger partial charge in [-0.3, -0.25) is 0 Å². The van der Waals surface area contributed by atoms with Crippen LogP contribution in [-0.4, -0.2) is 23.9 Å². The largest absolute Gasteiger partial charge is 0.393 e. The first-order valence-corrected chi connectivity index (χ1v) is 12.8. The molecule has 0 amide bonds. The lowest BCUT2D eigenvalue weighted by atomic mass is 9.47. The molecule has 4 aliphatic carbocycles. The van der Waals surface area contributed by atoms with Crippen LogP contribution in [0.5, 0.6) is 0 Å². The fraction of sp³-hybridized carbons (Fsp3) is 0.926. The van der Waals surface area contributed by atoms with Gasteiger partial charge in [-0.05, 0) is 92.8 Å². The van der Waals surface area contributed by atoms with Gasteiger partial charge in [0.2, 0.25) is 0 Å². The summed E-state index contributed by atoms with van der Waals surface area (Å²) in [4.78, 5) is 0. The van der Waals surface area contributed by atoms with E-state index in [1.54, 1.807) is 5.57 Å². The Balaban J connectivity index is 1.51. The molecule has 3 saturated carbocycles. The molecule has 2 heteroatoms. The molecule has 0 aromatic heterocycles. The van der Waals surface area contributed by atoms with E-state index < -0.39 is 0 Å². The molecule has 29 heavy (non-hydrogen) atoms. The molecule has 0 radical (unpaired) electrons. The zero-order valence-electron chi connectivity index (χ0n) is 19.8. The number of rotatable bonds is 6. The third-order valence-electron chi connectivity index (χ3n) is 10.1. The zero-order chi connectivity index (χ0) is 20.8. The van der Waals surface area contributed by atoms with Crippen LogP contribution in [0.15, 0.2) is 11.6 Å². The summed E-state index contributed by atoms with van der Waals surface area (Å²) in [6, 6.07) is 0. The average molecular weight is 403 g/mol. The molecule has 0 aliphatic heterocycles. The Labute approximate surface area is 179 Å². The van der Waals surface area contributed by atoms with Crippen molar-refractivity contribution in [3.05, 3.63) is 11.6 Å². The quantitative estimate of drug-likeness (QED) is 0.497. The SMILES string of the molecule is CCCC(C)COC(C)C1[C@@H](O)CC2C3CC=C4CCCC[C@]4(C)C3CC[C@@]21C. The minimum absolute atomic E-state index is 0.163. The van der Waals surface area contributed by atoms with E-state index in [0.717, 1.165) is 24.9 Å². The van der Waals surface area contributed by atoms with E-state index in [2.05, 4.69) is 40.7 Å². The number of allylic oxidation sites excluding steroid dienone is 2. The first-order chi connectivity index (χ1) is 13.8. The van der Waals surface area contributed by atoms with Crippen molar-refractivity contribution in [2.45, 2.75) is 111 Å². The van der Waals surface area contributed by atoms with Gasteiger partial charge in [0.05, 0.1) is 12.2 Å². The van der Waals surface area contributed by atoms with Gasteiger partial charge >= 0.3 is 0 Å². The molecule has 2 nitrogen and oxygen atoms in total. The van der Waals surface area contributed by atoms with E-state index in [9.17, 15) is 5.11 Å². The van der Waals surface area contributed by atoms with Crippen LogP contribution in [0, 0.1) is 40.4 Å². The second-order valence-electron chi connectivity index (χ2n) is 11.8. The second kappa shape index (κ2) is 8.30. The van der Waals surface area contributed by atoms with Gasteiger partial charge in [-0.15, -0.1) is 0 Å². The lowest BCUT2D eigenvalue weighted by molar-refractivity contribution is -0.0956. The lowest BCUT2D eigenvalue weighted by Gasteiger charge is -2.58. The molecule has 3 fully saturated rings. The number of hydrogen-bond donors (Lipinski definition) is 1. The van der Waals surface area contributed by atoms with Crippen LogP contribution < -0.4 is 0 Å². The maximum atomic E-state index is 11.2. The third kappa shape index (κ3) is 3.65. The molecule has 4 rings (SSSR count). The standard InChI is InChI=1S/C27H46O2/c1-6-9-18(2)17-29-19(3)25-24(28)16-23-21-12-11-20-10-7-8-14-26(20,4)22(21)13-15-27(23,25)5/h11,18-19,21-25,28H,6-10,12-17H2,1-5H3/t18?,19?,21?,22?,23?,24-,25?,26-,27-/m0/s1. The van der Waals surface area contributed by atoms with Gasteiger partial charge in [-0.1, -0.05) is 52.2 Å². The monoisotopic (exact) mass is 402 g/mol. The van der Waals surface area contributed by atoms with E-state index >= 15 is 0 Å². The zero-order valence-corrected chi connectivity index (χ0v) is 19.8. The van der Waals surface area contributed by atoms with Gasteiger partial charge in [0.25, 0.3) is 0 Å². The molecule has 1 N–H and O–H groups in total. The Morgan fingerprint density at radius 2 is 1.97 bits per heavy atom. The number of ether oxygens (including phenoxy) is 1.